The molecular formula is C11H11BrN2O2S. The first kappa shape index (κ1) is 12.4. The molecule has 90 valence electrons. The third-order valence-electron chi connectivity index (χ3n) is 2.22. The van der Waals surface area contributed by atoms with E-state index in [4.69, 9.17) is 0 Å². The Kier molecular flexibility index (Phi) is 4.06. The van der Waals surface area contributed by atoms with E-state index in [9.17, 15) is 9.59 Å². The zero-order chi connectivity index (χ0) is 12.3. The first-order chi connectivity index (χ1) is 8.19. The highest BCUT2D eigenvalue weighted by atomic mass is 79.9. The van der Waals surface area contributed by atoms with Crippen LogP contribution in [0.15, 0.2) is 23.1 Å². The van der Waals surface area contributed by atoms with Crippen LogP contribution in [0.25, 0.3) is 0 Å². The summed E-state index contributed by atoms with van der Waals surface area (Å²) >= 11 is 4.71. The topological polar surface area (TPSA) is 58.2 Å². The number of hydrogen-bond acceptors (Lipinski definition) is 3. The van der Waals surface area contributed by atoms with Gasteiger partial charge in [0, 0.05) is 22.3 Å². The quantitative estimate of drug-likeness (QED) is 0.843. The Morgan fingerprint density at radius 2 is 2.35 bits per heavy atom. The van der Waals surface area contributed by atoms with Gasteiger partial charge in [-0.05, 0) is 18.2 Å². The van der Waals surface area contributed by atoms with Crippen molar-refractivity contribution in [2.45, 2.75) is 11.3 Å². The molecule has 2 rings (SSSR count). The van der Waals surface area contributed by atoms with Gasteiger partial charge in [0.2, 0.25) is 11.8 Å². The molecule has 1 aliphatic rings. The minimum absolute atomic E-state index is 0.00793. The average Bonchev–Trinajstić information content (AvgIpc) is 2.28. The highest BCUT2D eigenvalue weighted by Gasteiger charge is 2.15. The molecule has 0 saturated carbocycles. The summed E-state index contributed by atoms with van der Waals surface area (Å²) in [6.45, 7) is 0. The van der Waals surface area contributed by atoms with Crippen LogP contribution in [-0.4, -0.2) is 22.9 Å². The van der Waals surface area contributed by atoms with Crippen molar-refractivity contribution in [3.63, 3.8) is 0 Å². The first-order valence-corrected chi connectivity index (χ1v) is 7.22. The van der Waals surface area contributed by atoms with Crippen LogP contribution in [0.2, 0.25) is 0 Å². The van der Waals surface area contributed by atoms with Gasteiger partial charge in [-0.2, -0.15) is 0 Å². The van der Waals surface area contributed by atoms with Gasteiger partial charge in [0.05, 0.1) is 11.4 Å². The fourth-order valence-corrected chi connectivity index (χ4v) is 2.62. The van der Waals surface area contributed by atoms with Crippen molar-refractivity contribution in [3.05, 3.63) is 18.2 Å². The highest BCUT2D eigenvalue weighted by molar-refractivity contribution is 9.09. The van der Waals surface area contributed by atoms with Crippen molar-refractivity contribution in [1.29, 1.82) is 0 Å². The Balaban J connectivity index is 2.13. The van der Waals surface area contributed by atoms with E-state index in [1.54, 1.807) is 6.07 Å². The van der Waals surface area contributed by atoms with Crippen LogP contribution in [0, 0.1) is 0 Å². The minimum atomic E-state index is -0.0448. The van der Waals surface area contributed by atoms with E-state index in [0.717, 1.165) is 10.6 Å². The fraction of sp³-hybridized carbons (Fsp3) is 0.273. The molecular weight excluding hydrogens is 304 g/mol. The molecule has 2 N–H and O–H groups in total. The molecule has 6 heteroatoms. The van der Waals surface area contributed by atoms with E-state index in [1.807, 2.05) is 12.1 Å². The molecule has 17 heavy (non-hydrogen) atoms. The second-order valence-electron chi connectivity index (χ2n) is 3.53. The molecule has 1 aromatic rings. The van der Waals surface area contributed by atoms with Crippen molar-refractivity contribution < 1.29 is 9.59 Å². The van der Waals surface area contributed by atoms with Gasteiger partial charge in [-0.15, -0.1) is 11.8 Å². The molecule has 0 atom stereocenters. The van der Waals surface area contributed by atoms with Gasteiger partial charge in [0.15, 0.2) is 0 Å². The zero-order valence-electron chi connectivity index (χ0n) is 8.96. The second-order valence-corrected chi connectivity index (χ2v) is 5.35. The summed E-state index contributed by atoms with van der Waals surface area (Å²) in [5.74, 6) is 0.394. The molecule has 0 saturated heterocycles. The standard InChI is InChI=1S/C11H11BrN2O2S/c12-4-3-10(15)13-7-1-2-9-8(5-7)14-11(16)6-17-9/h1-2,5H,3-4,6H2,(H,13,15)(H,14,16). The lowest BCUT2D eigenvalue weighted by Crippen LogP contribution is -2.19. The maximum Gasteiger partial charge on any atom is 0.234 e. The minimum Gasteiger partial charge on any atom is -0.326 e. The summed E-state index contributed by atoms with van der Waals surface area (Å²) < 4.78 is 0. The van der Waals surface area contributed by atoms with Crippen molar-refractivity contribution in [2.24, 2.45) is 0 Å². The maximum atomic E-state index is 11.4. The van der Waals surface area contributed by atoms with Crippen molar-refractivity contribution in [1.82, 2.24) is 0 Å². The monoisotopic (exact) mass is 314 g/mol. The highest BCUT2D eigenvalue weighted by Crippen LogP contribution is 2.33. The summed E-state index contributed by atoms with van der Waals surface area (Å²) in [6.07, 6.45) is 0.429. The Hall–Kier alpha value is -1.01. The smallest absolute Gasteiger partial charge is 0.234 e. The third kappa shape index (κ3) is 3.23. The Bertz CT molecular complexity index is 465. The summed E-state index contributed by atoms with van der Waals surface area (Å²) in [4.78, 5) is 23.7. The number of thioether (sulfide) groups is 1. The SMILES string of the molecule is O=C(CCBr)Nc1ccc2c(c1)NC(=O)CS2. The Morgan fingerprint density at radius 1 is 1.53 bits per heavy atom. The first-order valence-electron chi connectivity index (χ1n) is 5.11. The van der Waals surface area contributed by atoms with E-state index in [-0.39, 0.29) is 11.8 Å². The number of rotatable bonds is 3. The maximum absolute atomic E-state index is 11.4. The molecule has 0 unspecified atom stereocenters. The largest absolute Gasteiger partial charge is 0.326 e. The number of carbonyl (C=O) groups excluding carboxylic acids is 2. The lowest BCUT2D eigenvalue weighted by Gasteiger charge is -2.17. The number of fused-ring (bicyclic) bond motifs is 1. The predicted octanol–water partition coefficient (Wildman–Crippen LogP) is 2.45. The molecule has 0 radical (unpaired) electrons. The Morgan fingerprint density at radius 3 is 3.12 bits per heavy atom. The molecule has 0 fully saturated rings. The number of halogens is 1. The third-order valence-corrected chi connectivity index (χ3v) is 3.69. The molecule has 1 aromatic carbocycles. The van der Waals surface area contributed by atoms with Gasteiger partial charge in [-0.1, -0.05) is 15.9 Å². The van der Waals surface area contributed by atoms with Crippen LogP contribution < -0.4 is 10.6 Å². The number of alkyl halides is 1. The average molecular weight is 315 g/mol. The molecule has 0 aromatic heterocycles. The molecule has 0 aliphatic carbocycles. The molecule has 1 heterocycles. The van der Waals surface area contributed by atoms with E-state index in [2.05, 4.69) is 26.6 Å². The van der Waals surface area contributed by atoms with Crippen LogP contribution in [0.3, 0.4) is 0 Å². The number of benzene rings is 1. The molecule has 0 spiro atoms. The number of anilines is 2. The van der Waals surface area contributed by atoms with E-state index < -0.39 is 0 Å². The van der Waals surface area contributed by atoms with Gasteiger partial charge in [-0.3, -0.25) is 9.59 Å². The van der Waals surface area contributed by atoms with Crippen LogP contribution in [0.5, 0.6) is 0 Å². The fourth-order valence-electron chi connectivity index (χ4n) is 1.47. The van der Waals surface area contributed by atoms with Crippen molar-refractivity contribution >= 4 is 50.9 Å². The van der Waals surface area contributed by atoms with E-state index >= 15 is 0 Å². The number of hydrogen-bond donors (Lipinski definition) is 2. The summed E-state index contributed by atoms with van der Waals surface area (Å²) in [7, 11) is 0. The molecule has 1 aliphatic heterocycles. The summed E-state index contributed by atoms with van der Waals surface area (Å²) in [5, 5.41) is 6.20. The van der Waals surface area contributed by atoms with E-state index in [1.165, 1.54) is 11.8 Å². The van der Waals surface area contributed by atoms with Crippen molar-refractivity contribution in [2.75, 3.05) is 21.7 Å². The van der Waals surface area contributed by atoms with Gasteiger partial charge in [0.1, 0.15) is 0 Å². The zero-order valence-corrected chi connectivity index (χ0v) is 11.4. The second kappa shape index (κ2) is 5.55. The summed E-state index contributed by atoms with van der Waals surface area (Å²) in [6, 6.07) is 5.53. The predicted molar refractivity (Wildman–Crippen MR) is 72.8 cm³/mol. The van der Waals surface area contributed by atoms with Crippen LogP contribution in [0.1, 0.15) is 6.42 Å². The number of amides is 2. The normalized spacial score (nSPS) is 13.8. The molecule has 4 nitrogen and oxygen atoms in total. The van der Waals surface area contributed by atoms with Gasteiger partial charge < -0.3 is 10.6 Å². The summed E-state index contributed by atoms with van der Waals surface area (Å²) in [5.41, 5.74) is 1.47. The number of nitrogens with one attached hydrogen (secondary N) is 2. The molecule has 2 amide bonds. The van der Waals surface area contributed by atoms with Gasteiger partial charge in [-0.25, -0.2) is 0 Å². The lowest BCUT2D eigenvalue weighted by atomic mass is 10.2. The number of carbonyl (C=O) groups is 2. The van der Waals surface area contributed by atoms with Crippen LogP contribution in [0.4, 0.5) is 11.4 Å². The molecule has 0 bridgehead atoms. The lowest BCUT2D eigenvalue weighted by molar-refractivity contribution is -0.116. The van der Waals surface area contributed by atoms with Crippen molar-refractivity contribution in [3.8, 4) is 0 Å². The Labute approximate surface area is 112 Å². The van der Waals surface area contributed by atoms with Crippen LogP contribution in [-0.2, 0) is 9.59 Å². The van der Waals surface area contributed by atoms with E-state index in [0.29, 0.717) is 23.2 Å². The van der Waals surface area contributed by atoms with Gasteiger partial charge in [0.25, 0.3) is 0 Å². The van der Waals surface area contributed by atoms with Crippen LogP contribution >= 0.6 is 27.7 Å². The van der Waals surface area contributed by atoms with Gasteiger partial charge >= 0.3 is 0 Å².